The van der Waals surface area contributed by atoms with Gasteiger partial charge < -0.3 is 20.3 Å². The van der Waals surface area contributed by atoms with Crippen molar-refractivity contribution >= 4 is 5.97 Å². The molecule has 0 saturated heterocycles. The number of rotatable bonds is 9. The van der Waals surface area contributed by atoms with Gasteiger partial charge in [-0.05, 0) is 32.1 Å². The van der Waals surface area contributed by atoms with E-state index in [-0.39, 0.29) is 5.92 Å². The first-order valence-corrected chi connectivity index (χ1v) is 7.35. The number of unbranched alkanes of at least 4 members (excludes halogenated alkanes) is 1. The lowest BCUT2D eigenvalue weighted by atomic mass is 9.86. The Hall–Kier alpha value is -0.650. The van der Waals surface area contributed by atoms with Gasteiger partial charge in [-0.2, -0.15) is 0 Å². The number of hydrogen-bond acceptors (Lipinski definition) is 4. The van der Waals surface area contributed by atoms with Crippen molar-refractivity contribution in [1.82, 2.24) is 5.32 Å². The zero-order chi connectivity index (χ0) is 14.1. The number of carbonyl (C=O) groups is 1. The molecule has 1 unspecified atom stereocenters. The Morgan fingerprint density at radius 1 is 1.37 bits per heavy atom. The highest BCUT2D eigenvalue weighted by atomic mass is 16.5. The molecule has 0 amide bonds. The molecule has 1 aliphatic carbocycles. The number of carboxylic acids is 1. The van der Waals surface area contributed by atoms with Crippen molar-refractivity contribution < 1.29 is 19.7 Å². The van der Waals surface area contributed by atoms with E-state index in [1.54, 1.807) is 0 Å². The fraction of sp³-hybridized carbons (Fsp3) is 0.929. The van der Waals surface area contributed by atoms with E-state index in [0.29, 0.717) is 25.8 Å². The smallest absolute Gasteiger partial charge is 0.306 e. The predicted octanol–water partition coefficient (Wildman–Crippen LogP) is 1.40. The van der Waals surface area contributed by atoms with Crippen molar-refractivity contribution in [2.24, 2.45) is 5.92 Å². The maximum Gasteiger partial charge on any atom is 0.306 e. The van der Waals surface area contributed by atoms with Gasteiger partial charge in [-0.25, -0.2) is 0 Å². The summed E-state index contributed by atoms with van der Waals surface area (Å²) in [5.74, 6) is -0.858. The van der Waals surface area contributed by atoms with E-state index < -0.39 is 12.1 Å². The van der Waals surface area contributed by atoms with E-state index in [9.17, 15) is 9.90 Å². The Morgan fingerprint density at radius 2 is 2.05 bits per heavy atom. The molecule has 0 bridgehead atoms. The summed E-state index contributed by atoms with van der Waals surface area (Å²) in [6.45, 7) is 3.71. The summed E-state index contributed by atoms with van der Waals surface area (Å²) in [5.41, 5.74) is 0. The van der Waals surface area contributed by atoms with Crippen molar-refractivity contribution in [3.05, 3.63) is 0 Å². The lowest BCUT2D eigenvalue weighted by Crippen LogP contribution is -2.40. The molecule has 0 spiro atoms. The minimum absolute atomic E-state index is 0.180. The van der Waals surface area contributed by atoms with Crippen LogP contribution in [0.1, 0.15) is 45.4 Å². The van der Waals surface area contributed by atoms with Crippen molar-refractivity contribution in [1.29, 1.82) is 0 Å². The van der Waals surface area contributed by atoms with Gasteiger partial charge in [0.1, 0.15) is 0 Å². The zero-order valence-corrected chi connectivity index (χ0v) is 11.8. The average molecular weight is 273 g/mol. The molecule has 1 rings (SSSR count). The fourth-order valence-corrected chi connectivity index (χ4v) is 2.37. The number of hydrogen-bond donors (Lipinski definition) is 3. The minimum atomic E-state index is -0.678. The molecule has 1 fully saturated rings. The van der Waals surface area contributed by atoms with Crippen LogP contribution in [0.3, 0.4) is 0 Å². The summed E-state index contributed by atoms with van der Waals surface area (Å²) in [4.78, 5) is 10.8. The lowest BCUT2D eigenvalue weighted by molar-refractivity contribution is -0.142. The first-order valence-electron chi connectivity index (χ1n) is 7.35. The molecule has 5 heteroatoms. The largest absolute Gasteiger partial charge is 0.481 e. The normalized spacial score (nSPS) is 25.2. The highest BCUT2D eigenvalue weighted by molar-refractivity contribution is 5.70. The van der Waals surface area contributed by atoms with Crippen LogP contribution in [-0.4, -0.2) is 48.1 Å². The maximum absolute atomic E-state index is 10.8. The summed E-state index contributed by atoms with van der Waals surface area (Å²) in [6.07, 6.45) is 4.86. The van der Waals surface area contributed by atoms with Crippen LogP contribution in [0.2, 0.25) is 0 Å². The van der Waals surface area contributed by atoms with Crippen LogP contribution in [0.15, 0.2) is 0 Å². The molecule has 0 aromatic rings. The highest BCUT2D eigenvalue weighted by Crippen LogP contribution is 2.24. The predicted molar refractivity (Wildman–Crippen MR) is 73.1 cm³/mol. The molecular weight excluding hydrogens is 246 g/mol. The van der Waals surface area contributed by atoms with Crippen molar-refractivity contribution in [3.8, 4) is 0 Å². The molecule has 1 aliphatic rings. The number of aliphatic hydroxyl groups is 1. The van der Waals surface area contributed by atoms with Crippen molar-refractivity contribution in [3.63, 3.8) is 0 Å². The number of ether oxygens (including phenoxy) is 1. The molecule has 19 heavy (non-hydrogen) atoms. The van der Waals surface area contributed by atoms with Crippen LogP contribution in [-0.2, 0) is 9.53 Å². The molecule has 0 aromatic heterocycles. The van der Waals surface area contributed by atoms with Crippen LogP contribution >= 0.6 is 0 Å². The quantitative estimate of drug-likeness (QED) is 0.553. The van der Waals surface area contributed by atoms with E-state index in [4.69, 9.17) is 9.84 Å². The zero-order valence-electron chi connectivity index (χ0n) is 11.8. The van der Waals surface area contributed by atoms with Gasteiger partial charge in [0.25, 0.3) is 0 Å². The molecule has 112 valence electrons. The van der Waals surface area contributed by atoms with Gasteiger partial charge in [-0.15, -0.1) is 0 Å². The van der Waals surface area contributed by atoms with Crippen LogP contribution in [0.25, 0.3) is 0 Å². The summed E-state index contributed by atoms with van der Waals surface area (Å²) < 4.78 is 5.36. The lowest BCUT2D eigenvalue weighted by Gasteiger charge is -2.27. The van der Waals surface area contributed by atoms with Crippen LogP contribution in [0.4, 0.5) is 0 Å². The van der Waals surface area contributed by atoms with Gasteiger partial charge in [-0.1, -0.05) is 13.3 Å². The average Bonchev–Trinajstić information content (AvgIpc) is 2.42. The molecule has 5 nitrogen and oxygen atoms in total. The van der Waals surface area contributed by atoms with Crippen molar-refractivity contribution in [2.75, 3.05) is 19.8 Å². The van der Waals surface area contributed by atoms with Gasteiger partial charge in [0.2, 0.25) is 0 Å². The second-order valence-electron chi connectivity index (χ2n) is 5.38. The van der Waals surface area contributed by atoms with Gasteiger partial charge in [0.15, 0.2) is 0 Å². The highest BCUT2D eigenvalue weighted by Gasteiger charge is 2.25. The summed E-state index contributed by atoms with van der Waals surface area (Å²) in [7, 11) is 0. The Balaban J connectivity index is 2.05. The Kier molecular flexibility index (Phi) is 8.02. The molecule has 0 aliphatic heterocycles. The first-order chi connectivity index (χ1) is 9.13. The summed E-state index contributed by atoms with van der Waals surface area (Å²) >= 11 is 0. The number of aliphatic carboxylic acids is 1. The van der Waals surface area contributed by atoms with E-state index in [1.165, 1.54) is 0 Å². The number of nitrogens with one attached hydrogen (secondary N) is 1. The summed E-state index contributed by atoms with van der Waals surface area (Å²) in [6, 6.07) is 0.334. The van der Waals surface area contributed by atoms with Gasteiger partial charge in [0.05, 0.1) is 18.6 Å². The SMILES string of the molecule is CCCCOCC(O)CNC1CCC(C(=O)O)CC1. The van der Waals surface area contributed by atoms with E-state index in [1.807, 2.05) is 0 Å². The molecule has 0 aromatic carbocycles. The van der Waals surface area contributed by atoms with E-state index in [0.717, 1.165) is 38.5 Å². The van der Waals surface area contributed by atoms with Crippen LogP contribution < -0.4 is 5.32 Å². The molecule has 3 N–H and O–H groups in total. The Labute approximate surface area is 115 Å². The molecule has 0 heterocycles. The Morgan fingerprint density at radius 3 is 2.63 bits per heavy atom. The minimum Gasteiger partial charge on any atom is -0.481 e. The van der Waals surface area contributed by atoms with Crippen LogP contribution in [0.5, 0.6) is 0 Å². The van der Waals surface area contributed by atoms with Gasteiger partial charge in [-0.3, -0.25) is 4.79 Å². The third-order valence-corrected chi connectivity index (χ3v) is 3.67. The third-order valence-electron chi connectivity index (χ3n) is 3.67. The molecule has 1 atom stereocenters. The first kappa shape index (κ1) is 16.4. The third kappa shape index (κ3) is 6.89. The second-order valence-corrected chi connectivity index (χ2v) is 5.38. The van der Waals surface area contributed by atoms with Gasteiger partial charge in [0, 0.05) is 19.2 Å². The monoisotopic (exact) mass is 273 g/mol. The standard InChI is InChI=1S/C14H27NO4/c1-2-3-8-19-10-13(16)9-15-12-6-4-11(5-7-12)14(17)18/h11-13,15-16H,2-10H2,1H3,(H,17,18). The van der Waals surface area contributed by atoms with E-state index in [2.05, 4.69) is 12.2 Å². The van der Waals surface area contributed by atoms with E-state index >= 15 is 0 Å². The molecule has 1 saturated carbocycles. The molecular formula is C14H27NO4. The van der Waals surface area contributed by atoms with Gasteiger partial charge >= 0.3 is 5.97 Å². The van der Waals surface area contributed by atoms with Crippen LogP contribution in [0, 0.1) is 5.92 Å². The fourth-order valence-electron chi connectivity index (χ4n) is 2.37. The number of carboxylic acid groups (broad SMARTS) is 1. The topological polar surface area (TPSA) is 78.8 Å². The second kappa shape index (κ2) is 9.28. The Bertz CT molecular complexity index is 252. The number of aliphatic hydroxyl groups excluding tert-OH is 1. The van der Waals surface area contributed by atoms with Crippen molar-refractivity contribution in [2.45, 2.75) is 57.6 Å². The summed E-state index contributed by atoms with van der Waals surface area (Å²) in [5, 5.41) is 21.9. The molecule has 0 radical (unpaired) electrons. The maximum atomic E-state index is 10.8.